The summed E-state index contributed by atoms with van der Waals surface area (Å²) >= 11 is 0. The van der Waals surface area contributed by atoms with Gasteiger partial charge in [-0.15, -0.1) is 0 Å². The summed E-state index contributed by atoms with van der Waals surface area (Å²) in [6, 6.07) is 5.15. The van der Waals surface area contributed by atoms with Crippen molar-refractivity contribution in [1.82, 2.24) is 9.97 Å². The van der Waals surface area contributed by atoms with E-state index in [1.807, 2.05) is 0 Å². The third-order valence-electron chi connectivity index (χ3n) is 3.92. The van der Waals surface area contributed by atoms with E-state index in [1.165, 1.54) is 24.7 Å². The Hall–Kier alpha value is -4.54. The maximum Gasteiger partial charge on any atom is 0.355 e. The van der Waals surface area contributed by atoms with Crippen molar-refractivity contribution in [2.24, 2.45) is 0 Å². The van der Waals surface area contributed by atoms with Crippen LogP contribution in [-0.2, 0) is 4.74 Å². The van der Waals surface area contributed by atoms with Crippen LogP contribution in [0.2, 0.25) is 0 Å². The number of rotatable bonds is 4. The smallest absolute Gasteiger partial charge is 0.355 e. The van der Waals surface area contributed by atoms with E-state index in [0.717, 1.165) is 12.1 Å². The Morgan fingerprint density at radius 1 is 0.759 bits per heavy atom. The molecule has 0 aliphatic carbocycles. The number of carbonyl (C=O) groups is 4. The Kier molecular flexibility index (Phi) is 4.04. The summed E-state index contributed by atoms with van der Waals surface area (Å²) in [6.07, 6.45) is 2.49. The highest BCUT2D eigenvalue weighted by Gasteiger charge is 2.27. The van der Waals surface area contributed by atoms with Crippen LogP contribution in [0.15, 0.2) is 45.6 Å². The van der Waals surface area contributed by atoms with Gasteiger partial charge in [0, 0.05) is 10.8 Å². The Bertz CT molecular complexity index is 1230. The number of hydrogen-bond acceptors (Lipinski definition) is 9. The molecular formula is C18H8N2O9. The first-order valence-corrected chi connectivity index (χ1v) is 7.84. The molecule has 0 bridgehead atoms. The van der Waals surface area contributed by atoms with Gasteiger partial charge in [-0.1, -0.05) is 0 Å². The summed E-state index contributed by atoms with van der Waals surface area (Å²) in [7, 11) is 0. The topological polar surface area (TPSA) is 170 Å². The van der Waals surface area contributed by atoms with Crippen LogP contribution in [0.5, 0.6) is 0 Å². The number of pyridine rings is 2. The van der Waals surface area contributed by atoms with Gasteiger partial charge < -0.3 is 23.8 Å². The molecule has 0 aliphatic heterocycles. The molecule has 4 aromatic rings. The van der Waals surface area contributed by atoms with E-state index < -0.39 is 46.4 Å². The molecule has 0 unspecified atom stereocenters. The molecule has 4 rings (SSSR count). The molecule has 29 heavy (non-hydrogen) atoms. The normalized spacial score (nSPS) is 10.9. The number of aromatic nitrogens is 2. The zero-order valence-electron chi connectivity index (χ0n) is 14.1. The number of carboxylic acids is 2. The molecule has 0 spiro atoms. The minimum Gasteiger partial charge on any atom is -0.476 e. The molecule has 0 saturated heterocycles. The van der Waals surface area contributed by atoms with Crippen LogP contribution < -0.4 is 0 Å². The predicted molar refractivity (Wildman–Crippen MR) is 91.7 cm³/mol. The molecule has 0 radical (unpaired) electrons. The summed E-state index contributed by atoms with van der Waals surface area (Å²) in [5.74, 6) is -5.75. The Morgan fingerprint density at radius 3 is 1.55 bits per heavy atom. The van der Waals surface area contributed by atoms with E-state index in [-0.39, 0.29) is 11.4 Å². The van der Waals surface area contributed by atoms with Gasteiger partial charge in [-0.3, -0.25) is 0 Å². The molecule has 0 aromatic carbocycles. The maximum atomic E-state index is 12.5. The maximum absolute atomic E-state index is 12.5. The van der Waals surface area contributed by atoms with Gasteiger partial charge in [-0.25, -0.2) is 29.1 Å². The summed E-state index contributed by atoms with van der Waals surface area (Å²) in [5, 5.41) is 19.2. The summed E-state index contributed by atoms with van der Waals surface area (Å²) in [5.41, 5.74) is -2.43. The first-order valence-electron chi connectivity index (χ1n) is 7.84. The van der Waals surface area contributed by atoms with Gasteiger partial charge in [-0.05, 0) is 24.3 Å². The molecule has 0 saturated carbocycles. The molecule has 0 fully saturated rings. The Morgan fingerprint density at radius 2 is 1.17 bits per heavy atom. The second-order valence-corrected chi connectivity index (χ2v) is 5.69. The van der Waals surface area contributed by atoms with Crippen LogP contribution in [0.1, 0.15) is 41.7 Å². The number of fused-ring (bicyclic) bond motifs is 2. The van der Waals surface area contributed by atoms with Crippen LogP contribution in [-0.4, -0.2) is 44.1 Å². The van der Waals surface area contributed by atoms with Gasteiger partial charge in [0.1, 0.15) is 0 Å². The third kappa shape index (κ3) is 3.06. The lowest BCUT2D eigenvalue weighted by Crippen LogP contribution is -2.19. The van der Waals surface area contributed by atoms with Gasteiger partial charge in [0.2, 0.25) is 11.4 Å². The van der Waals surface area contributed by atoms with E-state index in [2.05, 4.69) is 9.97 Å². The molecular weight excluding hydrogens is 388 g/mol. The van der Waals surface area contributed by atoms with E-state index in [9.17, 15) is 29.4 Å². The highest BCUT2D eigenvalue weighted by Crippen LogP contribution is 2.22. The second-order valence-electron chi connectivity index (χ2n) is 5.69. The van der Waals surface area contributed by atoms with Crippen molar-refractivity contribution in [2.75, 3.05) is 0 Å². The monoisotopic (exact) mass is 396 g/mol. The van der Waals surface area contributed by atoms with Gasteiger partial charge in [0.25, 0.3) is 0 Å². The fraction of sp³-hybridized carbons (Fsp3) is 0. The predicted octanol–water partition coefficient (Wildman–Crippen LogP) is 2.36. The molecule has 11 heteroatoms. The molecule has 144 valence electrons. The Balaban J connectivity index is 1.73. The van der Waals surface area contributed by atoms with Crippen LogP contribution in [0.25, 0.3) is 22.2 Å². The number of nitrogens with zero attached hydrogens (tertiary/aromatic N) is 2. The van der Waals surface area contributed by atoms with E-state index in [4.69, 9.17) is 13.6 Å². The summed E-state index contributed by atoms with van der Waals surface area (Å²) in [4.78, 5) is 55.2. The number of furan rings is 2. The van der Waals surface area contributed by atoms with Crippen LogP contribution in [0.4, 0.5) is 0 Å². The fourth-order valence-electron chi connectivity index (χ4n) is 2.63. The minimum absolute atomic E-state index is 0.0203. The molecule has 0 amide bonds. The fourth-order valence-corrected chi connectivity index (χ4v) is 2.63. The van der Waals surface area contributed by atoms with Crippen LogP contribution >= 0.6 is 0 Å². The highest BCUT2D eigenvalue weighted by molar-refractivity contribution is 6.11. The van der Waals surface area contributed by atoms with Gasteiger partial charge in [0.15, 0.2) is 11.4 Å². The third-order valence-corrected chi connectivity index (χ3v) is 3.92. The summed E-state index contributed by atoms with van der Waals surface area (Å²) < 4.78 is 14.7. The zero-order chi connectivity index (χ0) is 20.7. The number of carbonyl (C=O) groups excluding carboxylic acids is 2. The quantitative estimate of drug-likeness (QED) is 0.383. The average molecular weight is 396 g/mol. The molecule has 4 heterocycles. The van der Waals surface area contributed by atoms with Gasteiger partial charge in [0.05, 0.1) is 23.7 Å². The first-order chi connectivity index (χ1) is 13.8. The average Bonchev–Trinajstić information content (AvgIpc) is 3.33. The van der Waals surface area contributed by atoms with Crippen molar-refractivity contribution >= 4 is 46.1 Å². The number of esters is 2. The van der Waals surface area contributed by atoms with E-state index >= 15 is 0 Å². The van der Waals surface area contributed by atoms with E-state index in [0.29, 0.717) is 10.8 Å². The molecule has 11 nitrogen and oxygen atoms in total. The van der Waals surface area contributed by atoms with Crippen molar-refractivity contribution in [3.63, 3.8) is 0 Å². The number of hydrogen-bond donors (Lipinski definition) is 2. The van der Waals surface area contributed by atoms with Crippen molar-refractivity contribution < 1.29 is 43.0 Å². The lowest BCUT2D eigenvalue weighted by molar-refractivity contribution is 0.0385. The zero-order valence-corrected chi connectivity index (χ0v) is 14.1. The summed E-state index contributed by atoms with van der Waals surface area (Å²) in [6.45, 7) is 0. The second kappa shape index (κ2) is 6.56. The van der Waals surface area contributed by atoms with Gasteiger partial charge in [-0.2, -0.15) is 0 Å². The van der Waals surface area contributed by atoms with Crippen molar-refractivity contribution in [3.8, 4) is 0 Å². The number of aromatic carboxylic acids is 2. The largest absolute Gasteiger partial charge is 0.476 e. The van der Waals surface area contributed by atoms with Crippen molar-refractivity contribution in [3.05, 3.63) is 59.3 Å². The highest BCUT2D eigenvalue weighted by atomic mass is 16.6. The molecule has 0 aliphatic rings. The SMILES string of the molecule is O=C(OC(=O)c1cc2ccoc2nc1C(=O)O)c1cc2ccoc2nc1C(=O)O. The molecule has 0 atom stereocenters. The van der Waals surface area contributed by atoms with Crippen molar-refractivity contribution in [1.29, 1.82) is 0 Å². The first kappa shape index (κ1) is 17.9. The van der Waals surface area contributed by atoms with Crippen molar-refractivity contribution in [2.45, 2.75) is 0 Å². The minimum atomic E-state index is -1.55. The Labute approximate surface area is 159 Å². The van der Waals surface area contributed by atoms with Crippen LogP contribution in [0.3, 0.4) is 0 Å². The van der Waals surface area contributed by atoms with Crippen LogP contribution in [0, 0.1) is 0 Å². The lowest BCUT2D eigenvalue weighted by atomic mass is 10.1. The standard InChI is InChI=1S/C18H8N2O9/c21-15(22)11-9(5-7-1-3-27-13(7)19-11)17(25)29-18(26)10-6-8-2-4-28-14(8)20-12(10)16(23)24/h1-6H,(H,21,22)(H,23,24). The number of ether oxygens (including phenoxy) is 1. The molecule has 4 aromatic heterocycles. The van der Waals surface area contributed by atoms with Gasteiger partial charge >= 0.3 is 23.9 Å². The molecule has 2 N–H and O–H groups in total. The number of carboxylic acid groups (broad SMARTS) is 2. The van der Waals surface area contributed by atoms with E-state index in [1.54, 1.807) is 0 Å². The lowest BCUT2D eigenvalue weighted by Gasteiger charge is -2.07.